The van der Waals surface area contributed by atoms with Crippen molar-refractivity contribution in [2.24, 2.45) is 11.7 Å². The zero-order valence-electron chi connectivity index (χ0n) is 14.6. The maximum absolute atomic E-state index is 12.5. The number of carbonyl (C=O) groups is 3. The molecule has 1 heterocycles. The molecule has 0 fully saturated rings. The van der Waals surface area contributed by atoms with Crippen LogP contribution in [0.3, 0.4) is 0 Å². The van der Waals surface area contributed by atoms with E-state index >= 15 is 0 Å². The Hall–Kier alpha value is -3.36. The van der Waals surface area contributed by atoms with E-state index in [0.717, 1.165) is 5.69 Å². The molecule has 0 aliphatic heterocycles. The molecule has 0 aliphatic carbocycles. The van der Waals surface area contributed by atoms with E-state index in [4.69, 9.17) is 15.2 Å². The van der Waals surface area contributed by atoms with Crippen molar-refractivity contribution in [3.8, 4) is 11.4 Å². The molecule has 9 nitrogen and oxygen atoms in total. The van der Waals surface area contributed by atoms with Crippen LogP contribution < -0.4 is 15.8 Å². The third-order valence-electron chi connectivity index (χ3n) is 3.46. The summed E-state index contributed by atoms with van der Waals surface area (Å²) < 4.78 is 11.9. The molecule has 0 bridgehead atoms. The minimum Gasteiger partial charge on any atom is -0.493 e. The summed E-state index contributed by atoms with van der Waals surface area (Å²) in [7, 11) is 1.39. The number of urea groups is 1. The van der Waals surface area contributed by atoms with Crippen molar-refractivity contribution in [1.29, 1.82) is 0 Å². The van der Waals surface area contributed by atoms with E-state index in [1.165, 1.54) is 18.0 Å². The predicted molar refractivity (Wildman–Crippen MR) is 91.9 cm³/mol. The summed E-state index contributed by atoms with van der Waals surface area (Å²) >= 11 is 0. The highest BCUT2D eigenvalue weighted by molar-refractivity contribution is 5.98. The molecule has 0 unspecified atom stereocenters. The number of hydrogen-bond donors (Lipinski definition) is 2. The van der Waals surface area contributed by atoms with Crippen molar-refractivity contribution in [3.05, 3.63) is 42.2 Å². The SMILES string of the molecule is COc1cn(-c2ccccc2)nc1C(=O)O[C@@H](C(=O)NC(N)=O)C(C)C. The van der Waals surface area contributed by atoms with Crippen LogP contribution in [0.1, 0.15) is 24.3 Å². The summed E-state index contributed by atoms with van der Waals surface area (Å²) in [6, 6.07) is 8.08. The van der Waals surface area contributed by atoms with Crippen molar-refractivity contribution in [3.63, 3.8) is 0 Å². The van der Waals surface area contributed by atoms with E-state index in [2.05, 4.69) is 5.10 Å². The van der Waals surface area contributed by atoms with Crippen molar-refractivity contribution < 1.29 is 23.9 Å². The highest BCUT2D eigenvalue weighted by Gasteiger charge is 2.30. The van der Waals surface area contributed by atoms with Crippen molar-refractivity contribution in [2.75, 3.05) is 7.11 Å². The molecule has 3 N–H and O–H groups in total. The summed E-state index contributed by atoms with van der Waals surface area (Å²) in [6.07, 6.45) is 0.321. The van der Waals surface area contributed by atoms with Crippen LogP contribution in [0, 0.1) is 5.92 Å². The summed E-state index contributed by atoms with van der Waals surface area (Å²) in [4.78, 5) is 35.4. The standard InChI is InChI=1S/C17H20N4O5/c1-10(2)14(15(22)19-17(18)24)26-16(23)13-12(25-3)9-21(20-13)11-7-5-4-6-8-11/h4-10,14H,1-3H3,(H3,18,19,22,24)/t14-/m1/s1. The van der Waals surface area contributed by atoms with Gasteiger partial charge in [0, 0.05) is 0 Å². The van der Waals surface area contributed by atoms with Gasteiger partial charge in [0.1, 0.15) is 0 Å². The number of esters is 1. The van der Waals surface area contributed by atoms with Gasteiger partial charge in [-0.15, -0.1) is 0 Å². The number of carbonyl (C=O) groups excluding carboxylic acids is 3. The molecule has 0 radical (unpaired) electrons. The van der Waals surface area contributed by atoms with E-state index in [0.29, 0.717) is 0 Å². The fourth-order valence-electron chi connectivity index (χ4n) is 2.22. The molecule has 138 valence electrons. The Morgan fingerprint density at radius 3 is 2.38 bits per heavy atom. The summed E-state index contributed by atoms with van der Waals surface area (Å²) in [5, 5.41) is 6.08. The van der Waals surface area contributed by atoms with Crippen LogP contribution in [0.4, 0.5) is 4.79 Å². The average Bonchev–Trinajstić information content (AvgIpc) is 3.03. The zero-order chi connectivity index (χ0) is 19.3. The van der Waals surface area contributed by atoms with Crippen LogP contribution in [0.2, 0.25) is 0 Å². The first-order chi connectivity index (χ1) is 12.3. The second-order valence-electron chi connectivity index (χ2n) is 5.75. The summed E-state index contributed by atoms with van der Waals surface area (Å²) in [5.74, 6) is -1.85. The number of benzene rings is 1. The molecule has 0 saturated carbocycles. The molecule has 0 aliphatic rings. The minimum absolute atomic E-state index is 0.0890. The predicted octanol–water partition coefficient (Wildman–Crippen LogP) is 1.26. The van der Waals surface area contributed by atoms with Crippen LogP contribution in [-0.4, -0.2) is 40.9 Å². The minimum atomic E-state index is -1.21. The molecule has 3 amide bonds. The van der Waals surface area contributed by atoms with Gasteiger partial charge in [0.25, 0.3) is 5.91 Å². The number of aromatic nitrogens is 2. The number of nitrogens with two attached hydrogens (primary N) is 1. The third-order valence-corrected chi connectivity index (χ3v) is 3.46. The van der Waals surface area contributed by atoms with E-state index in [-0.39, 0.29) is 17.4 Å². The number of nitrogens with one attached hydrogen (secondary N) is 1. The Bertz CT molecular complexity index is 801. The van der Waals surface area contributed by atoms with Crippen molar-refractivity contribution >= 4 is 17.9 Å². The number of primary amides is 1. The zero-order valence-corrected chi connectivity index (χ0v) is 14.6. The van der Waals surface area contributed by atoms with E-state index in [1.807, 2.05) is 23.5 Å². The Balaban J connectivity index is 2.26. The third kappa shape index (κ3) is 4.38. The number of ether oxygens (including phenoxy) is 2. The van der Waals surface area contributed by atoms with Gasteiger partial charge in [0.2, 0.25) is 5.69 Å². The Morgan fingerprint density at radius 1 is 1.19 bits per heavy atom. The number of rotatable bonds is 6. The Labute approximate surface area is 150 Å². The number of methoxy groups -OCH3 is 1. The fraction of sp³-hybridized carbons (Fsp3) is 0.294. The van der Waals surface area contributed by atoms with Gasteiger partial charge in [0.15, 0.2) is 11.9 Å². The normalized spacial score (nSPS) is 11.7. The first-order valence-electron chi connectivity index (χ1n) is 7.83. The monoisotopic (exact) mass is 360 g/mol. The van der Waals surface area contributed by atoms with E-state index in [9.17, 15) is 14.4 Å². The number of nitrogens with zero attached hydrogens (tertiary/aromatic N) is 2. The second kappa shape index (κ2) is 8.15. The second-order valence-corrected chi connectivity index (χ2v) is 5.75. The van der Waals surface area contributed by atoms with Crippen LogP contribution in [0.25, 0.3) is 5.69 Å². The lowest BCUT2D eigenvalue weighted by molar-refractivity contribution is -0.130. The van der Waals surface area contributed by atoms with Gasteiger partial charge in [-0.05, 0) is 18.1 Å². The Kier molecular flexibility index (Phi) is 5.94. The van der Waals surface area contributed by atoms with Crippen molar-refractivity contribution in [2.45, 2.75) is 20.0 Å². The van der Waals surface area contributed by atoms with Crippen LogP contribution in [0.15, 0.2) is 36.5 Å². The number of imide groups is 1. The molecule has 1 aromatic heterocycles. The Morgan fingerprint density at radius 2 is 1.85 bits per heavy atom. The lowest BCUT2D eigenvalue weighted by Crippen LogP contribution is -2.45. The van der Waals surface area contributed by atoms with Gasteiger partial charge in [-0.3, -0.25) is 10.1 Å². The molecule has 1 atom stereocenters. The summed E-state index contributed by atoms with van der Waals surface area (Å²) in [5.41, 5.74) is 5.57. The number of amides is 3. The fourth-order valence-corrected chi connectivity index (χ4v) is 2.22. The lowest BCUT2D eigenvalue weighted by atomic mass is 10.1. The quantitative estimate of drug-likeness (QED) is 0.747. The van der Waals surface area contributed by atoms with E-state index < -0.39 is 24.0 Å². The lowest BCUT2D eigenvalue weighted by Gasteiger charge is -2.19. The molecule has 9 heteroatoms. The molecular weight excluding hydrogens is 340 g/mol. The summed E-state index contributed by atoms with van der Waals surface area (Å²) in [6.45, 7) is 3.33. The molecule has 2 aromatic rings. The smallest absolute Gasteiger partial charge is 0.363 e. The van der Waals surface area contributed by atoms with Gasteiger partial charge in [-0.25, -0.2) is 14.3 Å². The first-order valence-corrected chi connectivity index (χ1v) is 7.83. The largest absolute Gasteiger partial charge is 0.493 e. The van der Waals surface area contributed by atoms with Crippen LogP contribution in [0.5, 0.6) is 5.75 Å². The average molecular weight is 360 g/mol. The van der Waals surface area contributed by atoms with Gasteiger partial charge in [-0.1, -0.05) is 32.0 Å². The molecule has 2 rings (SSSR count). The van der Waals surface area contributed by atoms with Gasteiger partial charge >= 0.3 is 12.0 Å². The van der Waals surface area contributed by atoms with Gasteiger partial charge in [-0.2, -0.15) is 5.10 Å². The molecule has 26 heavy (non-hydrogen) atoms. The molecule has 0 saturated heterocycles. The highest BCUT2D eigenvalue weighted by atomic mass is 16.6. The molecule has 1 aromatic carbocycles. The van der Waals surface area contributed by atoms with Gasteiger partial charge in [0.05, 0.1) is 19.0 Å². The highest BCUT2D eigenvalue weighted by Crippen LogP contribution is 2.21. The maximum atomic E-state index is 12.5. The van der Waals surface area contributed by atoms with Crippen molar-refractivity contribution in [1.82, 2.24) is 15.1 Å². The number of para-hydroxylation sites is 1. The van der Waals surface area contributed by atoms with Crippen LogP contribution in [-0.2, 0) is 9.53 Å². The van der Waals surface area contributed by atoms with E-state index in [1.54, 1.807) is 26.0 Å². The van der Waals surface area contributed by atoms with Crippen LogP contribution >= 0.6 is 0 Å². The molecule has 0 spiro atoms. The van der Waals surface area contributed by atoms with Gasteiger partial charge < -0.3 is 15.2 Å². The topological polar surface area (TPSA) is 126 Å². The maximum Gasteiger partial charge on any atom is 0.363 e. The first kappa shape index (κ1) is 19.0. The molecular formula is C17H20N4O5. The number of hydrogen-bond acceptors (Lipinski definition) is 6.